The van der Waals surface area contributed by atoms with Gasteiger partial charge in [-0.05, 0) is 91.9 Å². The number of aliphatic hydroxyl groups is 1. The van der Waals surface area contributed by atoms with Gasteiger partial charge in [-0.25, -0.2) is 4.98 Å². The monoisotopic (exact) mass is 518 g/mol. The van der Waals surface area contributed by atoms with Crippen LogP contribution in [0.25, 0.3) is 0 Å². The van der Waals surface area contributed by atoms with Crippen molar-refractivity contribution in [2.45, 2.75) is 68.5 Å². The van der Waals surface area contributed by atoms with Gasteiger partial charge in [0, 0.05) is 36.7 Å². The van der Waals surface area contributed by atoms with Crippen molar-refractivity contribution in [2.24, 2.45) is 29.1 Å². The summed E-state index contributed by atoms with van der Waals surface area (Å²) >= 11 is 1.73. The third kappa shape index (κ3) is 5.06. The molecule has 4 bridgehead atoms. The quantitative estimate of drug-likeness (QED) is 0.337. The van der Waals surface area contributed by atoms with E-state index < -0.39 is 0 Å². The van der Waals surface area contributed by atoms with Crippen LogP contribution >= 0.6 is 11.8 Å². The number of nitriles is 1. The topological polar surface area (TPSA) is 106 Å². The van der Waals surface area contributed by atoms with Crippen LogP contribution < -0.4 is 16.0 Å². The second-order valence-corrected chi connectivity index (χ2v) is 12.8. The summed E-state index contributed by atoms with van der Waals surface area (Å²) in [5.41, 5.74) is 2.01. The molecule has 0 saturated heterocycles. The maximum Gasteiger partial charge on any atom is 0.224 e. The molecule has 0 radical (unpaired) electrons. The van der Waals surface area contributed by atoms with Gasteiger partial charge in [0.15, 0.2) is 0 Å². The Labute approximate surface area is 224 Å². The van der Waals surface area contributed by atoms with Crippen LogP contribution in [0.15, 0.2) is 35.4 Å². The summed E-state index contributed by atoms with van der Waals surface area (Å²) in [6.07, 6.45) is 12.5. The van der Waals surface area contributed by atoms with Gasteiger partial charge in [-0.15, -0.1) is 11.8 Å². The first-order chi connectivity index (χ1) is 18.1. The molecule has 5 saturated carbocycles. The molecule has 37 heavy (non-hydrogen) atoms. The van der Waals surface area contributed by atoms with Crippen molar-refractivity contribution in [3.63, 3.8) is 0 Å². The molecule has 4 N–H and O–H groups in total. The molecule has 5 aliphatic carbocycles. The van der Waals surface area contributed by atoms with Crippen LogP contribution in [0.1, 0.15) is 56.1 Å². The minimum atomic E-state index is 0.296. The summed E-state index contributed by atoms with van der Waals surface area (Å²) in [5.74, 6) is 4.03. The number of aromatic nitrogens is 2. The van der Waals surface area contributed by atoms with E-state index in [-0.39, 0.29) is 0 Å². The Morgan fingerprint density at radius 2 is 1.89 bits per heavy atom. The zero-order valence-electron chi connectivity index (χ0n) is 21.6. The normalized spacial score (nSPS) is 33.5. The lowest BCUT2D eigenvalue weighted by Crippen LogP contribution is -2.62. The predicted octanol–water partition coefficient (Wildman–Crippen LogP) is 4.65. The first kappa shape index (κ1) is 25.0. The van der Waals surface area contributed by atoms with Crippen molar-refractivity contribution in [2.75, 3.05) is 30.0 Å². The van der Waals surface area contributed by atoms with Gasteiger partial charge < -0.3 is 21.1 Å². The van der Waals surface area contributed by atoms with Gasteiger partial charge >= 0.3 is 0 Å². The third-order valence-electron chi connectivity index (χ3n) is 9.49. The molecule has 196 valence electrons. The van der Waals surface area contributed by atoms with Crippen molar-refractivity contribution in [3.8, 4) is 6.07 Å². The standard InChI is InChI=1S/C29H38N6OS/c1-37-25-5-3-2-4-20(25)14-31-28-32-15-23(13-30)27(35-28)33-17-29-10-18-6-21(11-29)26(22(7-18)12-29)34-24-8-19(9-24)16-36/h2-5,15,18-19,21-22,24,26,34,36H,6-12,14,16-17H2,1H3,(H2,31,32,33,35)/t18?,19?,21-,22+,24?,26?,29?. The Morgan fingerprint density at radius 3 is 2.62 bits per heavy atom. The van der Waals surface area contributed by atoms with Crippen LogP contribution in [-0.2, 0) is 6.54 Å². The SMILES string of the molecule is CSc1ccccc1CNc1ncc(C#N)c(NCC23CC4C[C@H](C2)C(NC2CC(CO)C2)[C@@H](C4)C3)n1. The van der Waals surface area contributed by atoms with Crippen LogP contribution in [0.3, 0.4) is 0 Å². The van der Waals surface area contributed by atoms with Crippen molar-refractivity contribution >= 4 is 23.5 Å². The molecule has 0 amide bonds. The number of thioether (sulfide) groups is 1. The smallest absolute Gasteiger partial charge is 0.224 e. The van der Waals surface area contributed by atoms with Gasteiger partial charge in [0.2, 0.25) is 5.95 Å². The molecule has 7 nitrogen and oxygen atoms in total. The van der Waals surface area contributed by atoms with Gasteiger partial charge in [-0.3, -0.25) is 0 Å². The number of aliphatic hydroxyl groups excluding tert-OH is 1. The average Bonchev–Trinajstić information content (AvgIpc) is 2.89. The number of nitrogens with zero attached hydrogens (tertiary/aromatic N) is 3. The van der Waals surface area contributed by atoms with E-state index in [4.69, 9.17) is 4.98 Å². The minimum Gasteiger partial charge on any atom is -0.396 e. The molecule has 3 unspecified atom stereocenters. The summed E-state index contributed by atoms with van der Waals surface area (Å²) in [6, 6.07) is 11.9. The molecular formula is C29H38N6OS. The van der Waals surface area contributed by atoms with Crippen LogP contribution in [0.5, 0.6) is 0 Å². The molecule has 1 aromatic carbocycles. The average molecular weight is 519 g/mol. The van der Waals surface area contributed by atoms with Gasteiger partial charge in [-0.1, -0.05) is 18.2 Å². The molecule has 8 heteroatoms. The highest BCUT2D eigenvalue weighted by molar-refractivity contribution is 7.98. The Bertz CT molecular complexity index is 1150. The fourth-order valence-corrected chi connectivity index (χ4v) is 8.57. The summed E-state index contributed by atoms with van der Waals surface area (Å²) < 4.78 is 0. The summed E-state index contributed by atoms with van der Waals surface area (Å²) in [6.45, 7) is 1.86. The number of anilines is 2. The highest BCUT2D eigenvalue weighted by Crippen LogP contribution is 2.60. The van der Waals surface area contributed by atoms with Crippen molar-refractivity contribution in [1.29, 1.82) is 5.26 Å². The van der Waals surface area contributed by atoms with Crippen LogP contribution in [0.4, 0.5) is 11.8 Å². The van der Waals surface area contributed by atoms with E-state index in [0.717, 1.165) is 37.1 Å². The van der Waals surface area contributed by atoms with E-state index >= 15 is 0 Å². The number of rotatable bonds is 10. The van der Waals surface area contributed by atoms with Gasteiger partial charge in [0.1, 0.15) is 17.5 Å². The molecule has 2 aromatic rings. The van der Waals surface area contributed by atoms with E-state index in [1.54, 1.807) is 18.0 Å². The molecule has 1 aromatic heterocycles. The van der Waals surface area contributed by atoms with Gasteiger partial charge in [0.05, 0.1) is 6.20 Å². The molecule has 0 aliphatic heterocycles. The van der Waals surface area contributed by atoms with E-state index in [1.165, 1.54) is 42.6 Å². The Hall–Kier alpha value is -2.34. The number of hydrogen-bond donors (Lipinski definition) is 4. The lowest BCUT2D eigenvalue weighted by molar-refractivity contribution is -0.0766. The fourth-order valence-electron chi connectivity index (χ4n) is 7.95. The fraction of sp³-hybridized carbons (Fsp3) is 0.621. The lowest BCUT2D eigenvalue weighted by atomic mass is 9.47. The van der Waals surface area contributed by atoms with E-state index in [1.807, 2.05) is 6.07 Å². The number of benzene rings is 1. The Kier molecular flexibility index (Phi) is 7.04. The minimum absolute atomic E-state index is 0.296. The molecule has 5 fully saturated rings. The summed E-state index contributed by atoms with van der Waals surface area (Å²) in [5, 5.41) is 30.1. The van der Waals surface area contributed by atoms with Crippen molar-refractivity contribution in [1.82, 2.24) is 15.3 Å². The number of hydrogen-bond acceptors (Lipinski definition) is 8. The molecule has 1 heterocycles. The largest absolute Gasteiger partial charge is 0.396 e. The van der Waals surface area contributed by atoms with Crippen LogP contribution in [-0.4, -0.2) is 46.6 Å². The van der Waals surface area contributed by atoms with Gasteiger partial charge in [-0.2, -0.15) is 10.2 Å². The molecule has 0 spiro atoms. The third-order valence-corrected chi connectivity index (χ3v) is 10.3. The molecule has 5 atom stereocenters. The molecule has 5 aliphatic rings. The Morgan fingerprint density at radius 1 is 1.11 bits per heavy atom. The van der Waals surface area contributed by atoms with Crippen LogP contribution in [0, 0.1) is 40.4 Å². The van der Waals surface area contributed by atoms with Gasteiger partial charge in [0.25, 0.3) is 0 Å². The highest BCUT2D eigenvalue weighted by atomic mass is 32.2. The number of nitrogens with one attached hydrogen (secondary N) is 3. The van der Waals surface area contributed by atoms with Crippen LogP contribution in [0.2, 0.25) is 0 Å². The first-order valence-electron chi connectivity index (χ1n) is 13.8. The maximum atomic E-state index is 9.71. The maximum absolute atomic E-state index is 9.71. The van der Waals surface area contributed by atoms with Crippen molar-refractivity contribution < 1.29 is 5.11 Å². The summed E-state index contributed by atoms with van der Waals surface area (Å²) in [4.78, 5) is 10.4. The first-order valence-corrected chi connectivity index (χ1v) is 15.0. The summed E-state index contributed by atoms with van der Waals surface area (Å²) in [7, 11) is 0. The molecular weight excluding hydrogens is 480 g/mol. The van der Waals surface area contributed by atoms with E-state index in [2.05, 4.69) is 51.5 Å². The highest BCUT2D eigenvalue weighted by Gasteiger charge is 2.55. The lowest BCUT2D eigenvalue weighted by Gasteiger charge is -2.61. The second kappa shape index (κ2) is 10.4. The van der Waals surface area contributed by atoms with E-state index in [9.17, 15) is 10.4 Å². The predicted molar refractivity (Wildman–Crippen MR) is 147 cm³/mol. The van der Waals surface area contributed by atoms with Crippen molar-refractivity contribution in [3.05, 3.63) is 41.6 Å². The zero-order chi connectivity index (χ0) is 25.4. The van der Waals surface area contributed by atoms with E-state index in [0.29, 0.717) is 53.9 Å². The molecule has 7 rings (SSSR count). The second-order valence-electron chi connectivity index (χ2n) is 12.0. The Balaban J connectivity index is 1.10. The zero-order valence-corrected chi connectivity index (χ0v) is 22.4.